The quantitative estimate of drug-likeness (QED) is 0.922. The summed E-state index contributed by atoms with van der Waals surface area (Å²) >= 11 is 0. The highest BCUT2D eigenvalue weighted by molar-refractivity contribution is 5.51. The van der Waals surface area contributed by atoms with E-state index in [1.165, 1.54) is 22.5 Å². The zero-order chi connectivity index (χ0) is 13.9. The van der Waals surface area contributed by atoms with Crippen molar-refractivity contribution in [1.29, 1.82) is 0 Å². The fourth-order valence-corrected chi connectivity index (χ4v) is 2.84. The van der Waals surface area contributed by atoms with E-state index in [4.69, 9.17) is 0 Å². The normalized spacial score (nSPS) is 15.6. The van der Waals surface area contributed by atoms with Crippen LogP contribution < -0.4 is 10.2 Å². The standard InChI is InChI=1S/C16H22N4/c1-13-4-3-5-14(10-13)11-15-16(12-18-19(15)2)20-8-6-17-7-9-20/h3-5,10,12,17H,6-9,11H2,1-2H3. The summed E-state index contributed by atoms with van der Waals surface area (Å²) in [6.07, 6.45) is 2.95. The minimum Gasteiger partial charge on any atom is -0.366 e. The van der Waals surface area contributed by atoms with Crippen molar-refractivity contribution >= 4 is 5.69 Å². The summed E-state index contributed by atoms with van der Waals surface area (Å²) in [4.78, 5) is 2.44. The van der Waals surface area contributed by atoms with E-state index < -0.39 is 0 Å². The van der Waals surface area contributed by atoms with Crippen LogP contribution in [0.2, 0.25) is 0 Å². The first-order valence-corrected chi connectivity index (χ1v) is 7.26. The Balaban J connectivity index is 1.87. The van der Waals surface area contributed by atoms with E-state index in [0.29, 0.717) is 0 Å². The molecule has 0 spiro atoms. The number of benzene rings is 1. The van der Waals surface area contributed by atoms with E-state index in [1.807, 2.05) is 17.9 Å². The molecule has 1 fully saturated rings. The van der Waals surface area contributed by atoms with Gasteiger partial charge in [-0.05, 0) is 12.5 Å². The fourth-order valence-electron chi connectivity index (χ4n) is 2.84. The van der Waals surface area contributed by atoms with E-state index >= 15 is 0 Å². The van der Waals surface area contributed by atoms with Gasteiger partial charge in [-0.1, -0.05) is 29.8 Å². The molecule has 4 nitrogen and oxygen atoms in total. The van der Waals surface area contributed by atoms with Gasteiger partial charge in [-0.25, -0.2) is 0 Å². The van der Waals surface area contributed by atoms with Gasteiger partial charge in [0.05, 0.1) is 17.6 Å². The van der Waals surface area contributed by atoms with Crippen LogP contribution in [0.3, 0.4) is 0 Å². The van der Waals surface area contributed by atoms with Crippen molar-refractivity contribution in [2.45, 2.75) is 13.3 Å². The number of anilines is 1. The molecule has 0 aliphatic carbocycles. The van der Waals surface area contributed by atoms with Crippen LogP contribution in [-0.2, 0) is 13.5 Å². The Bertz CT molecular complexity index is 582. The lowest BCUT2D eigenvalue weighted by Crippen LogP contribution is -2.43. The minimum absolute atomic E-state index is 0.942. The van der Waals surface area contributed by atoms with Crippen LogP contribution in [0.4, 0.5) is 5.69 Å². The van der Waals surface area contributed by atoms with Gasteiger partial charge < -0.3 is 10.2 Å². The van der Waals surface area contributed by atoms with Crippen molar-refractivity contribution in [3.05, 3.63) is 47.3 Å². The molecule has 1 aliphatic heterocycles. The second-order valence-electron chi connectivity index (χ2n) is 5.50. The number of hydrogen-bond acceptors (Lipinski definition) is 3. The third kappa shape index (κ3) is 2.70. The molecule has 1 aliphatic rings. The van der Waals surface area contributed by atoms with Crippen molar-refractivity contribution in [2.75, 3.05) is 31.1 Å². The number of aromatic nitrogens is 2. The molecule has 106 valence electrons. The Kier molecular flexibility index (Phi) is 3.74. The lowest BCUT2D eigenvalue weighted by Gasteiger charge is -2.29. The van der Waals surface area contributed by atoms with Crippen molar-refractivity contribution < 1.29 is 0 Å². The van der Waals surface area contributed by atoms with E-state index in [2.05, 4.69) is 46.5 Å². The molecule has 1 aromatic carbocycles. The van der Waals surface area contributed by atoms with Gasteiger partial charge >= 0.3 is 0 Å². The Labute approximate surface area is 120 Å². The van der Waals surface area contributed by atoms with Gasteiger partial charge in [-0.2, -0.15) is 5.10 Å². The summed E-state index contributed by atoms with van der Waals surface area (Å²) in [7, 11) is 2.04. The second-order valence-corrected chi connectivity index (χ2v) is 5.50. The first kappa shape index (κ1) is 13.2. The van der Waals surface area contributed by atoms with Crippen LogP contribution in [-0.4, -0.2) is 36.0 Å². The highest BCUT2D eigenvalue weighted by atomic mass is 15.3. The van der Waals surface area contributed by atoms with Crippen LogP contribution in [0.1, 0.15) is 16.8 Å². The van der Waals surface area contributed by atoms with E-state index in [1.54, 1.807) is 0 Å². The summed E-state index contributed by atoms with van der Waals surface area (Å²) in [5, 5.41) is 7.86. The molecule has 0 bridgehead atoms. The molecule has 1 saturated heterocycles. The van der Waals surface area contributed by atoms with Crippen molar-refractivity contribution in [3.63, 3.8) is 0 Å². The largest absolute Gasteiger partial charge is 0.366 e. The number of piperazine rings is 1. The third-order valence-corrected chi connectivity index (χ3v) is 3.95. The van der Waals surface area contributed by atoms with Gasteiger partial charge in [-0.3, -0.25) is 4.68 Å². The molecule has 20 heavy (non-hydrogen) atoms. The smallest absolute Gasteiger partial charge is 0.0789 e. The minimum atomic E-state index is 0.942. The highest BCUT2D eigenvalue weighted by Crippen LogP contribution is 2.23. The van der Waals surface area contributed by atoms with E-state index in [-0.39, 0.29) is 0 Å². The van der Waals surface area contributed by atoms with Crippen molar-refractivity contribution in [3.8, 4) is 0 Å². The number of aryl methyl sites for hydroxylation is 2. The van der Waals surface area contributed by atoms with Crippen LogP contribution in [0.15, 0.2) is 30.5 Å². The maximum absolute atomic E-state index is 4.46. The molecular weight excluding hydrogens is 248 g/mol. The summed E-state index contributed by atoms with van der Waals surface area (Å²) in [6.45, 7) is 6.38. The summed E-state index contributed by atoms with van der Waals surface area (Å²) in [5.41, 5.74) is 5.26. The maximum atomic E-state index is 4.46. The molecule has 3 rings (SSSR count). The highest BCUT2D eigenvalue weighted by Gasteiger charge is 2.17. The molecule has 0 atom stereocenters. The zero-order valence-corrected chi connectivity index (χ0v) is 12.3. The molecule has 0 radical (unpaired) electrons. The van der Waals surface area contributed by atoms with Gasteiger partial charge in [0.2, 0.25) is 0 Å². The summed E-state index contributed by atoms with van der Waals surface area (Å²) in [6, 6.07) is 8.73. The van der Waals surface area contributed by atoms with Gasteiger partial charge in [0.25, 0.3) is 0 Å². The molecule has 2 aromatic rings. The monoisotopic (exact) mass is 270 g/mol. The Morgan fingerprint density at radius 2 is 2.05 bits per heavy atom. The Hall–Kier alpha value is -1.81. The van der Waals surface area contributed by atoms with Gasteiger partial charge in [0.15, 0.2) is 0 Å². The Morgan fingerprint density at radius 1 is 1.25 bits per heavy atom. The molecule has 0 unspecified atom stereocenters. The van der Waals surface area contributed by atoms with Gasteiger partial charge in [0, 0.05) is 39.6 Å². The summed E-state index contributed by atoms with van der Waals surface area (Å²) < 4.78 is 2.01. The molecule has 1 N–H and O–H groups in total. The SMILES string of the molecule is Cc1cccc(Cc2c(N3CCNCC3)cnn2C)c1. The van der Waals surface area contributed by atoms with E-state index in [0.717, 1.165) is 32.6 Å². The molecule has 4 heteroatoms. The molecule has 0 amide bonds. The molecule has 1 aromatic heterocycles. The van der Waals surface area contributed by atoms with E-state index in [9.17, 15) is 0 Å². The van der Waals surface area contributed by atoms with Crippen LogP contribution in [0, 0.1) is 6.92 Å². The van der Waals surface area contributed by atoms with Crippen molar-refractivity contribution in [2.24, 2.45) is 7.05 Å². The average Bonchev–Trinajstić information content (AvgIpc) is 2.81. The number of rotatable bonds is 3. The van der Waals surface area contributed by atoms with Crippen molar-refractivity contribution in [1.82, 2.24) is 15.1 Å². The average molecular weight is 270 g/mol. The van der Waals surface area contributed by atoms with Gasteiger partial charge in [0.1, 0.15) is 0 Å². The number of nitrogens with zero attached hydrogens (tertiary/aromatic N) is 3. The Morgan fingerprint density at radius 3 is 2.80 bits per heavy atom. The topological polar surface area (TPSA) is 33.1 Å². The molecule has 2 heterocycles. The second kappa shape index (κ2) is 5.67. The van der Waals surface area contributed by atoms with Crippen LogP contribution in [0.25, 0.3) is 0 Å². The lowest BCUT2D eigenvalue weighted by molar-refractivity contribution is 0.587. The lowest BCUT2D eigenvalue weighted by atomic mass is 10.1. The van der Waals surface area contributed by atoms with Gasteiger partial charge in [-0.15, -0.1) is 0 Å². The number of hydrogen-bond donors (Lipinski definition) is 1. The zero-order valence-electron chi connectivity index (χ0n) is 12.3. The first-order chi connectivity index (χ1) is 9.74. The maximum Gasteiger partial charge on any atom is 0.0789 e. The summed E-state index contributed by atoms with van der Waals surface area (Å²) in [5.74, 6) is 0. The third-order valence-electron chi connectivity index (χ3n) is 3.95. The molecular formula is C16H22N4. The van der Waals surface area contributed by atoms with Crippen LogP contribution in [0.5, 0.6) is 0 Å². The van der Waals surface area contributed by atoms with Crippen LogP contribution >= 0.6 is 0 Å². The molecule has 0 saturated carbocycles. The number of nitrogens with one attached hydrogen (secondary N) is 1. The predicted molar refractivity (Wildman–Crippen MR) is 82.3 cm³/mol. The first-order valence-electron chi connectivity index (χ1n) is 7.26. The predicted octanol–water partition coefficient (Wildman–Crippen LogP) is 1.73. The fraction of sp³-hybridized carbons (Fsp3) is 0.438.